The molecule has 1 amide bonds. The molecular formula is C18H23N3O3. The first-order valence-corrected chi connectivity index (χ1v) is 8.26. The number of para-hydroxylation sites is 1. The molecule has 128 valence electrons. The van der Waals surface area contributed by atoms with Crippen LogP contribution in [0, 0.1) is 0 Å². The summed E-state index contributed by atoms with van der Waals surface area (Å²) in [4.78, 5) is 26.7. The molecule has 0 spiro atoms. The fourth-order valence-electron chi connectivity index (χ4n) is 2.48. The second-order valence-electron chi connectivity index (χ2n) is 5.65. The molecular weight excluding hydrogens is 306 g/mol. The van der Waals surface area contributed by atoms with Crippen LogP contribution in [-0.4, -0.2) is 33.1 Å². The van der Waals surface area contributed by atoms with Crippen LogP contribution in [0.5, 0.6) is 0 Å². The van der Waals surface area contributed by atoms with Crippen molar-refractivity contribution in [3.8, 4) is 5.69 Å². The Kier molecular flexibility index (Phi) is 7.01. The molecule has 0 saturated carbocycles. The van der Waals surface area contributed by atoms with Crippen LogP contribution < -0.4 is 5.32 Å². The number of aliphatic carboxylic acids is 1. The fraction of sp³-hybridized carbons (Fsp3) is 0.389. The number of rotatable bonds is 10. The van der Waals surface area contributed by atoms with Gasteiger partial charge in [0.25, 0.3) is 5.91 Å². The standard InChI is InChI=1S/C18H23N3O3/c22-17(23)11-7-2-1-3-8-12-20-18(24)16-13-19-14-21(16)15-9-5-4-6-10-15/h4-6,9-10,13-14H,1-3,7-8,11-12H2,(H,20,24)(H,22,23). The van der Waals surface area contributed by atoms with Crippen LogP contribution in [0.3, 0.4) is 0 Å². The number of hydrogen-bond acceptors (Lipinski definition) is 3. The molecule has 0 aliphatic rings. The van der Waals surface area contributed by atoms with E-state index in [1.54, 1.807) is 17.1 Å². The van der Waals surface area contributed by atoms with Crippen molar-refractivity contribution in [2.24, 2.45) is 0 Å². The van der Waals surface area contributed by atoms with E-state index in [1.807, 2.05) is 30.3 Å². The van der Waals surface area contributed by atoms with E-state index in [-0.39, 0.29) is 12.3 Å². The predicted molar refractivity (Wildman–Crippen MR) is 91.2 cm³/mol. The van der Waals surface area contributed by atoms with Crippen LogP contribution in [0.25, 0.3) is 5.69 Å². The van der Waals surface area contributed by atoms with Gasteiger partial charge < -0.3 is 10.4 Å². The largest absolute Gasteiger partial charge is 0.481 e. The van der Waals surface area contributed by atoms with Crippen LogP contribution in [-0.2, 0) is 4.79 Å². The van der Waals surface area contributed by atoms with E-state index in [0.717, 1.165) is 37.8 Å². The van der Waals surface area contributed by atoms with Gasteiger partial charge >= 0.3 is 5.97 Å². The predicted octanol–water partition coefficient (Wildman–Crippen LogP) is 3.03. The molecule has 0 aliphatic carbocycles. The van der Waals surface area contributed by atoms with Crippen LogP contribution in [0.2, 0.25) is 0 Å². The van der Waals surface area contributed by atoms with E-state index in [0.29, 0.717) is 12.2 Å². The fourth-order valence-corrected chi connectivity index (χ4v) is 2.48. The zero-order valence-corrected chi connectivity index (χ0v) is 13.6. The molecule has 0 aliphatic heterocycles. The maximum atomic E-state index is 12.3. The maximum Gasteiger partial charge on any atom is 0.303 e. The molecule has 6 nitrogen and oxygen atoms in total. The summed E-state index contributed by atoms with van der Waals surface area (Å²) in [6.45, 7) is 0.609. The molecule has 1 aromatic heterocycles. The van der Waals surface area contributed by atoms with Crippen LogP contribution in [0.4, 0.5) is 0 Å². The topological polar surface area (TPSA) is 84.2 Å². The number of amides is 1. The zero-order valence-electron chi connectivity index (χ0n) is 13.6. The summed E-state index contributed by atoms with van der Waals surface area (Å²) < 4.78 is 1.77. The van der Waals surface area contributed by atoms with E-state index in [4.69, 9.17) is 5.11 Å². The number of nitrogens with zero attached hydrogens (tertiary/aromatic N) is 2. The summed E-state index contributed by atoms with van der Waals surface area (Å²) in [5.41, 5.74) is 1.42. The number of carboxylic acid groups (broad SMARTS) is 1. The van der Waals surface area contributed by atoms with E-state index in [9.17, 15) is 9.59 Å². The molecule has 0 saturated heterocycles. The average Bonchev–Trinajstić information content (AvgIpc) is 3.07. The first-order chi connectivity index (χ1) is 11.7. The van der Waals surface area contributed by atoms with Crippen molar-refractivity contribution in [3.05, 3.63) is 48.5 Å². The molecule has 0 fully saturated rings. The summed E-state index contributed by atoms with van der Waals surface area (Å²) in [6.07, 6.45) is 7.93. The number of nitrogens with one attached hydrogen (secondary N) is 1. The number of benzene rings is 1. The number of imidazole rings is 1. The first kappa shape index (κ1) is 17.7. The Morgan fingerprint density at radius 2 is 1.75 bits per heavy atom. The molecule has 0 bridgehead atoms. The minimum Gasteiger partial charge on any atom is -0.481 e. The van der Waals surface area contributed by atoms with Crippen molar-refractivity contribution in [1.29, 1.82) is 0 Å². The Morgan fingerprint density at radius 1 is 1.04 bits per heavy atom. The van der Waals surface area contributed by atoms with Crippen LogP contribution >= 0.6 is 0 Å². The average molecular weight is 329 g/mol. The van der Waals surface area contributed by atoms with Crippen LogP contribution in [0.1, 0.15) is 49.0 Å². The third-order valence-corrected chi connectivity index (χ3v) is 3.76. The second kappa shape index (κ2) is 9.50. The molecule has 0 radical (unpaired) electrons. The van der Waals surface area contributed by atoms with Gasteiger partial charge in [-0.05, 0) is 25.0 Å². The Hall–Kier alpha value is -2.63. The third kappa shape index (κ3) is 5.53. The highest BCUT2D eigenvalue weighted by atomic mass is 16.4. The van der Waals surface area contributed by atoms with Gasteiger partial charge in [0.05, 0.1) is 12.5 Å². The quantitative estimate of drug-likeness (QED) is 0.656. The summed E-state index contributed by atoms with van der Waals surface area (Å²) in [6, 6.07) is 9.62. The van der Waals surface area contributed by atoms with Gasteiger partial charge in [0.2, 0.25) is 0 Å². The minimum absolute atomic E-state index is 0.137. The van der Waals surface area contributed by atoms with Gasteiger partial charge in [-0.2, -0.15) is 0 Å². The number of hydrogen-bond donors (Lipinski definition) is 2. The number of aromatic nitrogens is 2. The van der Waals surface area contributed by atoms with Gasteiger partial charge in [0, 0.05) is 18.7 Å². The smallest absolute Gasteiger partial charge is 0.303 e. The summed E-state index contributed by atoms with van der Waals surface area (Å²) in [5, 5.41) is 11.5. The molecule has 2 N–H and O–H groups in total. The maximum absolute atomic E-state index is 12.3. The summed E-state index contributed by atoms with van der Waals surface area (Å²) in [7, 11) is 0. The molecule has 24 heavy (non-hydrogen) atoms. The highest BCUT2D eigenvalue weighted by Gasteiger charge is 2.12. The number of unbranched alkanes of at least 4 members (excludes halogenated alkanes) is 4. The van der Waals surface area contributed by atoms with Gasteiger partial charge in [0.15, 0.2) is 0 Å². The Morgan fingerprint density at radius 3 is 2.50 bits per heavy atom. The number of carbonyl (C=O) groups excluding carboxylic acids is 1. The summed E-state index contributed by atoms with van der Waals surface area (Å²) in [5.74, 6) is -0.875. The zero-order chi connectivity index (χ0) is 17.2. The highest BCUT2D eigenvalue weighted by Crippen LogP contribution is 2.11. The van der Waals surface area contributed by atoms with Crippen molar-refractivity contribution in [2.75, 3.05) is 6.54 Å². The van der Waals surface area contributed by atoms with Crippen LogP contribution in [0.15, 0.2) is 42.9 Å². The summed E-state index contributed by atoms with van der Waals surface area (Å²) >= 11 is 0. The lowest BCUT2D eigenvalue weighted by Gasteiger charge is -2.08. The Labute approximate surface area is 141 Å². The van der Waals surface area contributed by atoms with Gasteiger partial charge in [0.1, 0.15) is 5.69 Å². The van der Waals surface area contributed by atoms with Crippen molar-refractivity contribution in [1.82, 2.24) is 14.9 Å². The van der Waals surface area contributed by atoms with Crippen molar-refractivity contribution in [2.45, 2.75) is 38.5 Å². The molecule has 0 unspecified atom stereocenters. The third-order valence-electron chi connectivity index (χ3n) is 3.76. The minimum atomic E-state index is -0.739. The first-order valence-electron chi connectivity index (χ1n) is 8.26. The Bertz CT molecular complexity index is 653. The molecule has 2 rings (SSSR count). The van der Waals surface area contributed by atoms with Gasteiger partial charge in [-0.15, -0.1) is 0 Å². The van der Waals surface area contributed by atoms with E-state index in [1.165, 1.54) is 0 Å². The van der Waals surface area contributed by atoms with E-state index in [2.05, 4.69) is 10.3 Å². The van der Waals surface area contributed by atoms with Gasteiger partial charge in [-0.3, -0.25) is 14.2 Å². The molecule has 6 heteroatoms. The lowest BCUT2D eigenvalue weighted by Crippen LogP contribution is -2.26. The lowest BCUT2D eigenvalue weighted by molar-refractivity contribution is -0.137. The van der Waals surface area contributed by atoms with Gasteiger partial charge in [-0.1, -0.05) is 37.5 Å². The lowest BCUT2D eigenvalue weighted by atomic mass is 10.1. The highest BCUT2D eigenvalue weighted by molar-refractivity contribution is 5.92. The number of carboxylic acids is 1. The van der Waals surface area contributed by atoms with E-state index >= 15 is 0 Å². The molecule has 0 atom stereocenters. The SMILES string of the molecule is O=C(O)CCCCCCCNC(=O)c1cncn1-c1ccccc1. The molecule has 1 aromatic carbocycles. The second-order valence-corrected chi connectivity index (χ2v) is 5.65. The number of carbonyl (C=O) groups is 2. The monoisotopic (exact) mass is 329 g/mol. The Balaban J connectivity index is 1.71. The van der Waals surface area contributed by atoms with Crippen molar-refractivity contribution < 1.29 is 14.7 Å². The molecule has 2 aromatic rings. The van der Waals surface area contributed by atoms with Crippen molar-refractivity contribution in [3.63, 3.8) is 0 Å². The van der Waals surface area contributed by atoms with Gasteiger partial charge in [-0.25, -0.2) is 4.98 Å². The molecule has 1 heterocycles. The normalized spacial score (nSPS) is 10.5. The van der Waals surface area contributed by atoms with Crippen molar-refractivity contribution >= 4 is 11.9 Å². The van der Waals surface area contributed by atoms with E-state index < -0.39 is 5.97 Å².